The third kappa shape index (κ3) is 2.52. The Morgan fingerprint density at radius 1 is 1.33 bits per heavy atom. The van der Waals surface area contributed by atoms with Crippen molar-refractivity contribution < 1.29 is 0 Å². The van der Waals surface area contributed by atoms with E-state index in [0.717, 1.165) is 18.2 Å². The molecule has 0 rings (SSSR count). The van der Waals surface area contributed by atoms with Crippen molar-refractivity contribution in [1.82, 2.24) is 0 Å². The van der Waals surface area contributed by atoms with Crippen molar-refractivity contribution in [3.05, 3.63) is 5.38 Å². The molecule has 0 atom stereocenters. The second-order valence-electron chi connectivity index (χ2n) is 1.22. The minimum absolute atomic E-state index is 1.01. The van der Waals surface area contributed by atoms with Gasteiger partial charge in [0.1, 0.15) is 0 Å². The molecule has 0 heterocycles. The van der Waals surface area contributed by atoms with Crippen molar-refractivity contribution in [2.24, 2.45) is 0 Å². The summed E-state index contributed by atoms with van der Waals surface area (Å²) in [5.41, 5.74) is 0. The zero-order valence-corrected chi connectivity index (χ0v) is 5.05. The molecule has 0 aromatic rings. The van der Waals surface area contributed by atoms with Crippen molar-refractivity contribution in [2.45, 2.75) is 26.7 Å². The Morgan fingerprint density at radius 3 is 1.67 bits per heavy atom. The first-order chi connectivity index (χ1) is 2.81. The van der Waals surface area contributed by atoms with E-state index in [1.54, 1.807) is 0 Å². The quantitative estimate of drug-likeness (QED) is 0.506. The van der Waals surface area contributed by atoms with Gasteiger partial charge in [-0.3, -0.25) is 0 Å². The summed E-state index contributed by atoms with van der Waals surface area (Å²) in [6.07, 6.45) is 2.02. The number of hydrogen-bond donors (Lipinski definition) is 0. The highest BCUT2D eigenvalue weighted by molar-refractivity contribution is 6.26. The molecule has 0 saturated carbocycles. The lowest BCUT2D eigenvalue weighted by Gasteiger charge is -1.94. The van der Waals surface area contributed by atoms with Crippen LogP contribution >= 0.6 is 11.6 Å². The van der Waals surface area contributed by atoms with E-state index in [4.69, 9.17) is 11.6 Å². The van der Waals surface area contributed by atoms with Crippen molar-refractivity contribution >= 4 is 11.6 Å². The number of halogens is 1. The Balaban J connectivity index is 2.75. The summed E-state index contributed by atoms with van der Waals surface area (Å²) < 4.78 is 0. The first kappa shape index (κ1) is 6.29. The Morgan fingerprint density at radius 2 is 1.67 bits per heavy atom. The third-order valence-electron chi connectivity index (χ3n) is 0.767. The molecular weight excluding hydrogens is 95.5 g/mol. The van der Waals surface area contributed by atoms with Gasteiger partial charge in [-0.05, 0) is 12.8 Å². The predicted molar refractivity (Wildman–Crippen MR) is 29.7 cm³/mol. The minimum atomic E-state index is 1.01. The summed E-state index contributed by atoms with van der Waals surface area (Å²) in [5.74, 6) is 0. The first-order valence-corrected chi connectivity index (χ1v) is 2.69. The van der Waals surface area contributed by atoms with Gasteiger partial charge in [0.2, 0.25) is 0 Å². The molecular formula is C5H10Cl. The number of rotatable bonds is 2. The molecule has 0 nitrogen and oxygen atoms in total. The van der Waals surface area contributed by atoms with Crippen LogP contribution in [0, 0.1) is 5.38 Å². The molecule has 0 aliphatic rings. The molecule has 37 valence electrons. The van der Waals surface area contributed by atoms with Crippen LogP contribution in [0.5, 0.6) is 0 Å². The van der Waals surface area contributed by atoms with E-state index in [1.165, 1.54) is 0 Å². The third-order valence-corrected chi connectivity index (χ3v) is 1.30. The van der Waals surface area contributed by atoms with Gasteiger partial charge in [-0.2, -0.15) is 0 Å². The van der Waals surface area contributed by atoms with E-state index in [9.17, 15) is 0 Å². The van der Waals surface area contributed by atoms with Crippen molar-refractivity contribution in [1.29, 1.82) is 0 Å². The fourth-order valence-electron chi connectivity index (χ4n) is 0.250. The van der Waals surface area contributed by atoms with Crippen LogP contribution in [0.2, 0.25) is 0 Å². The van der Waals surface area contributed by atoms with Gasteiger partial charge in [0.15, 0.2) is 0 Å². The molecule has 0 aromatic heterocycles. The van der Waals surface area contributed by atoms with Gasteiger partial charge in [0.25, 0.3) is 0 Å². The van der Waals surface area contributed by atoms with E-state index in [-0.39, 0.29) is 0 Å². The van der Waals surface area contributed by atoms with Crippen LogP contribution in [0.4, 0.5) is 0 Å². The topological polar surface area (TPSA) is 0 Å². The zero-order valence-electron chi connectivity index (χ0n) is 4.29. The Kier molecular flexibility index (Phi) is 3.65. The van der Waals surface area contributed by atoms with Crippen LogP contribution < -0.4 is 0 Å². The average Bonchev–Trinajstić information content (AvgIpc) is 1.65. The fourth-order valence-corrected chi connectivity index (χ4v) is 0.250. The Hall–Kier alpha value is 0.290. The van der Waals surface area contributed by atoms with Gasteiger partial charge in [0, 0.05) is 0 Å². The summed E-state index contributed by atoms with van der Waals surface area (Å²) in [7, 11) is 0. The molecule has 0 N–H and O–H groups in total. The Bertz CT molecular complexity index is 23.1. The second-order valence-corrected chi connectivity index (χ2v) is 1.76. The summed E-state index contributed by atoms with van der Waals surface area (Å²) in [6, 6.07) is 0. The molecule has 0 aliphatic heterocycles. The first-order valence-electron chi connectivity index (χ1n) is 2.31. The van der Waals surface area contributed by atoms with Crippen LogP contribution in [-0.4, -0.2) is 0 Å². The lowest BCUT2D eigenvalue weighted by Crippen LogP contribution is -1.77. The maximum absolute atomic E-state index is 5.57. The summed E-state index contributed by atoms with van der Waals surface area (Å²) in [6.45, 7) is 4.12. The summed E-state index contributed by atoms with van der Waals surface area (Å²) >= 11 is 5.57. The predicted octanol–water partition coefficient (Wildman–Crippen LogP) is 2.58. The van der Waals surface area contributed by atoms with E-state index >= 15 is 0 Å². The van der Waals surface area contributed by atoms with Crippen LogP contribution in [0.1, 0.15) is 26.7 Å². The maximum atomic E-state index is 5.57. The summed E-state index contributed by atoms with van der Waals surface area (Å²) in [5, 5.41) is 1.06. The smallest absolute Gasteiger partial charge is 0.0632 e. The molecule has 0 fully saturated rings. The van der Waals surface area contributed by atoms with Crippen LogP contribution in [-0.2, 0) is 0 Å². The highest BCUT2D eigenvalue weighted by atomic mass is 35.5. The van der Waals surface area contributed by atoms with Crippen LogP contribution in [0.3, 0.4) is 0 Å². The van der Waals surface area contributed by atoms with E-state index in [1.807, 2.05) is 0 Å². The molecule has 0 bridgehead atoms. The SMILES string of the molecule is CC[C](Cl)CC. The molecule has 0 unspecified atom stereocenters. The molecule has 0 aromatic carbocycles. The van der Waals surface area contributed by atoms with Crippen LogP contribution in [0.15, 0.2) is 0 Å². The van der Waals surface area contributed by atoms with Crippen molar-refractivity contribution in [3.63, 3.8) is 0 Å². The maximum Gasteiger partial charge on any atom is 0.0632 e. The Labute approximate surface area is 44.5 Å². The van der Waals surface area contributed by atoms with Crippen molar-refractivity contribution in [3.8, 4) is 0 Å². The van der Waals surface area contributed by atoms with Gasteiger partial charge in [0.05, 0.1) is 5.38 Å². The molecule has 0 aliphatic carbocycles. The van der Waals surface area contributed by atoms with Crippen LogP contribution in [0.25, 0.3) is 0 Å². The monoisotopic (exact) mass is 105 g/mol. The van der Waals surface area contributed by atoms with Gasteiger partial charge >= 0.3 is 0 Å². The van der Waals surface area contributed by atoms with E-state index in [0.29, 0.717) is 0 Å². The minimum Gasteiger partial charge on any atom is -0.117 e. The highest BCUT2D eigenvalue weighted by Gasteiger charge is 1.93. The zero-order chi connectivity index (χ0) is 4.99. The molecule has 0 saturated heterocycles. The molecule has 1 radical (unpaired) electrons. The normalized spacial score (nSPS) is 10.0. The second kappa shape index (κ2) is 3.48. The van der Waals surface area contributed by atoms with Gasteiger partial charge in [-0.25, -0.2) is 0 Å². The standard InChI is InChI=1S/C5H10Cl/c1-3-5(6)4-2/h3-4H2,1-2H3. The fraction of sp³-hybridized carbons (Fsp3) is 0.800. The average molecular weight is 106 g/mol. The lowest BCUT2D eigenvalue weighted by atomic mass is 10.3. The molecule has 1 heteroatoms. The molecule has 0 spiro atoms. The lowest BCUT2D eigenvalue weighted by molar-refractivity contribution is 0.925. The van der Waals surface area contributed by atoms with E-state index in [2.05, 4.69) is 13.8 Å². The van der Waals surface area contributed by atoms with Gasteiger partial charge in [-0.1, -0.05) is 13.8 Å². The van der Waals surface area contributed by atoms with Gasteiger partial charge < -0.3 is 0 Å². The molecule has 0 amide bonds. The molecule has 6 heavy (non-hydrogen) atoms. The van der Waals surface area contributed by atoms with Crippen molar-refractivity contribution in [2.75, 3.05) is 0 Å². The number of hydrogen-bond acceptors (Lipinski definition) is 0. The highest BCUT2D eigenvalue weighted by Crippen LogP contribution is 2.13. The largest absolute Gasteiger partial charge is 0.117 e. The summed E-state index contributed by atoms with van der Waals surface area (Å²) in [4.78, 5) is 0. The van der Waals surface area contributed by atoms with E-state index < -0.39 is 0 Å². The van der Waals surface area contributed by atoms with Gasteiger partial charge in [-0.15, -0.1) is 11.6 Å².